The minimum absolute atomic E-state index is 0.0104. The van der Waals surface area contributed by atoms with Crippen LogP contribution in [0.2, 0.25) is 0 Å². The average molecular weight is 451 g/mol. The fourth-order valence-corrected chi connectivity index (χ4v) is 3.43. The molecule has 3 heterocycles. The van der Waals surface area contributed by atoms with Crippen LogP contribution in [0.5, 0.6) is 0 Å². The highest BCUT2D eigenvalue weighted by atomic mass is 19.4. The summed E-state index contributed by atoms with van der Waals surface area (Å²) < 4.78 is 46.9. The van der Waals surface area contributed by atoms with E-state index in [1.165, 1.54) is 27.4 Å². The van der Waals surface area contributed by atoms with Crippen LogP contribution >= 0.6 is 0 Å². The molecule has 3 aromatic heterocycles. The smallest absolute Gasteiger partial charge is 0.337 e. The molecular formula is C23H16F3N5O2. The molecule has 0 fully saturated rings. The summed E-state index contributed by atoms with van der Waals surface area (Å²) in [6, 6.07) is 14.2. The van der Waals surface area contributed by atoms with Crippen molar-refractivity contribution in [2.75, 3.05) is 0 Å². The summed E-state index contributed by atoms with van der Waals surface area (Å²) in [6.45, 7) is 1.95. The van der Waals surface area contributed by atoms with Crippen LogP contribution in [0.4, 0.5) is 13.2 Å². The molecule has 0 aliphatic heterocycles. The fourth-order valence-electron chi connectivity index (χ4n) is 3.43. The molecule has 5 rings (SSSR count). The minimum atomic E-state index is -4.48. The van der Waals surface area contributed by atoms with Crippen molar-refractivity contribution in [3.05, 3.63) is 94.4 Å². The number of benzene rings is 2. The first-order valence-electron chi connectivity index (χ1n) is 9.94. The van der Waals surface area contributed by atoms with Gasteiger partial charge in [-0.3, -0.25) is 4.79 Å². The predicted molar refractivity (Wildman–Crippen MR) is 113 cm³/mol. The third-order valence-corrected chi connectivity index (χ3v) is 5.17. The van der Waals surface area contributed by atoms with Gasteiger partial charge in [-0.25, -0.2) is 4.52 Å². The van der Waals surface area contributed by atoms with Crippen molar-refractivity contribution in [2.24, 2.45) is 0 Å². The molecule has 2 aromatic carbocycles. The predicted octanol–water partition coefficient (Wildman–Crippen LogP) is 4.59. The number of nitrogens with zero attached hydrogens (tertiary/aromatic N) is 5. The van der Waals surface area contributed by atoms with E-state index in [2.05, 4.69) is 15.2 Å². The van der Waals surface area contributed by atoms with E-state index in [4.69, 9.17) is 4.52 Å². The van der Waals surface area contributed by atoms with Gasteiger partial charge in [0.2, 0.25) is 11.7 Å². The zero-order chi connectivity index (χ0) is 23.2. The molecule has 0 saturated carbocycles. The summed E-state index contributed by atoms with van der Waals surface area (Å²) in [6.07, 6.45) is -1.30. The Balaban J connectivity index is 1.43. The fraction of sp³-hybridized carbons (Fsp3) is 0.130. The topological polar surface area (TPSA) is 78.2 Å². The third kappa shape index (κ3) is 4.02. The van der Waals surface area contributed by atoms with Crippen LogP contribution in [0, 0.1) is 6.92 Å². The van der Waals surface area contributed by atoms with E-state index in [9.17, 15) is 18.0 Å². The molecular weight excluding hydrogens is 435 g/mol. The zero-order valence-corrected chi connectivity index (χ0v) is 17.2. The van der Waals surface area contributed by atoms with E-state index in [0.29, 0.717) is 11.2 Å². The number of hydrogen-bond acceptors (Lipinski definition) is 5. The molecule has 166 valence electrons. The van der Waals surface area contributed by atoms with E-state index in [1.54, 1.807) is 12.3 Å². The van der Waals surface area contributed by atoms with Gasteiger partial charge in [0.25, 0.3) is 5.56 Å². The number of aryl methyl sites for hydroxylation is 1. The summed E-state index contributed by atoms with van der Waals surface area (Å²) >= 11 is 0. The minimum Gasteiger partial charge on any atom is -0.337 e. The largest absolute Gasteiger partial charge is 0.416 e. The first-order valence-corrected chi connectivity index (χ1v) is 9.94. The maximum Gasteiger partial charge on any atom is 0.416 e. The van der Waals surface area contributed by atoms with Gasteiger partial charge in [-0.05, 0) is 25.1 Å². The lowest BCUT2D eigenvalue weighted by atomic mass is 10.1. The van der Waals surface area contributed by atoms with E-state index in [1.807, 2.05) is 31.2 Å². The molecule has 0 aliphatic carbocycles. The monoisotopic (exact) mass is 451 g/mol. The molecule has 10 heteroatoms. The molecule has 0 spiro atoms. The molecule has 0 bridgehead atoms. The number of aromatic nitrogens is 5. The number of hydrogen-bond donors (Lipinski definition) is 0. The lowest BCUT2D eigenvalue weighted by molar-refractivity contribution is -0.137. The van der Waals surface area contributed by atoms with Gasteiger partial charge < -0.3 is 9.09 Å². The van der Waals surface area contributed by atoms with Gasteiger partial charge in [0.15, 0.2) is 0 Å². The summed E-state index contributed by atoms with van der Waals surface area (Å²) in [5.41, 5.74) is 2.08. The van der Waals surface area contributed by atoms with Crippen LogP contribution in [-0.4, -0.2) is 24.3 Å². The number of halogens is 3. The Morgan fingerprint density at radius 1 is 1.00 bits per heavy atom. The highest BCUT2D eigenvalue weighted by Crippen LogP contribution is 2.31. The summed E-state index contributed by atoms with van der Waals surface area (Å²) in [4.78, 5) is 17.1. The molecule has 0 saturated heterocycles. The second-order valence-electron chi connectivity index (χ2n) is 7.55. The molecule has 0 amide bonds. The number of alkyl halides is 3. The zero-order valence-electron chi connectivity index (χ0n) is 17.2. The molecule has 0 unspecified atom stereocenters. The van der Waals surface area contributed by atoms with Gasteiger partial charge in [-0.2, -0.15) is 23.3 Å². The van der Waals surface area contributed by atoms with E-state index >= 15 is 0 Å². The maximum atomic E-state index is 13.0. The van der Waals surface area contributed by atoms with Crippen molar-refractivity contribution < 1.29 is 17.7 Å². The summed E-state index contributed by atoms with van der Waals surface area (Å²) in [7, 11) is 0. The molecule has 7 nitrogen and oxygen atoms in total. The number of fused-ring (bicyclic) bond motifs is 1. The van der Waals surface area contributed by atoms with Crippen molar-refractivity contribution in [2.45, 2.75) is 19.6 Å². The molecule has 0 radical (unpaired) electrons. The highest BCUT2D eigenvalue weighted by molar-refractivity contribution is 5.65. The Bertz CT molecular complexity index is 1510. The highest BCUT2D eigenvalue weighted by Gasteiger charge is 2.30. The van der Waals surface area contributed by atoms with Gasteiger partial charge in [-0.15, -0.1) is 0 Å². The summed E-state index contributed by atoms with van der Waals surface area (Å²) in [5.74, 6) is 0.100. The van der Waals surface area contributed by atoms with Crippen LogP contribution in [0.1, 0.15) is 17.0 Å². The molecule has 33 heavy (non-hydrogen) atoms. The van der Waals surface area contributed by atoms with Crippen LogP contribution in [0.25, 0.3) is 28.2 Å². The Kier molecular flexibility index (Phi) is 4.85. The van der Waals surface area contributed by atoms with Crippen LogP contribution in [-0.2, 0) is 12.7 Å². The van der Waals surface area contributed by atoms with E-state index in [0.717, 1.165) is 23.3 Å². The Labute approximate surface area is 184 Å². The van der Waals surface area contributed by atoms with Crippen molar-refractivity contribution in [3.8, 4) is 22.6 Å². The summed E-state index contributed by atoms with van der Waals surface area (Å²) in [5, 5.41) is 8.22. The molecule has 5 aromatic rings. The third-order valence-electron chi connectivity index (χ3n) is 5.17. The van der Waals surface area contributed by atoms with Gasteiger partial charge in [0.05, 0.1) is 11.3 Å². The first kappa shape index (κ1) is 20.7. The molecule has 0 atom stereocenters. The second kappa shape index (κ2) is 7.73. The Morgan fingerprint density at radius 2 is 1.79 bits per heavy atom. The first-order chi connectivity index (χ1) is 15.8. The SMILES string of the molecule is Cc1ccc(-c2cc3c(=O)n(Cc4nc(-c5cccc(C(F)(F)F)c5)no4)ccn3n2)cc1. The maximum absolute atomic E-state index is 13.0. The Hall–Kier alpha value is -4.21. The second-order valence-corrected chi connectivity index (χ2v) is 7.55. The van der Waals surface area contributed by atoms with Gasteiger partial charge in [0, 0.05) is 23.5 Å². The lowest BCUT2D eigenvalue weighted by Gasteiger charge is -2.06. The van der Waals surface area contributed by atoms with Crippen LogP contribution < -0.4 is 5.56 Å². The molecule has 0 N–H and O–H groups in total. The standard InChI is InChI=1S/C23H16F3N5O2/c1-14-5-7-15(8-6-14)18-12-19-22(32)30(9-10-31(19)28-18)13-20-27-21(29-33-20)16-3-2-4-17(11-16)23(24,25)26/h2-12H,13H2,1H3. The van der Waals surface area contributed by atoms with Crippen molar-refractivity contribution in [1.82, 2.24) is 24.3 Å². The van der Waals surface area contributed by atoms with Crippen molar-refractivity contribution >= 4 is 5.52 Å². The quantitative estimate of drug-likeness (QED) is 0.400. The van der Waals surface area contributed by atoms with E-state index in [-0.39, 0.29) is 29.4 Å². The van der Waals surface area contributed by atoms with Crippen LogP contribution in [0.15, 0.2) is 76.3 Å². The van der Waals surface area contributed by atoms with E-state index < -0.39 is 11.7 Å². The van der Waals surface area contributed by atoms with Crippen molar-refractivity contribution in [3.63, 3.8) is 0 Å². The lowest BCUT2D eigenvalue weighted by Crippen LogP contribution is -2.21. The molecule has 0 aliphatic rings. The van der Waals surface area contributed by atoms with Crippen molar-refractivity contribution in [1.29, 1.82) is 0 Å². The Morgan fingerprint density at radius 3 is 2.55 bits per heavy atom. The van der Waals surface area contributed by atoms with Crippen LogP contribution in [0.3, 0.4) is 0 Å². The average Bonchev–Trinajstić information content (AvgIpc) is 3.44. The van der Waals surface area contributed by atoms with Gasteiger partial charge in [0.1, 0.15) is 12.1 Å². The van der Waals surface area contributed by atoms with Gasteiger partial charge >= 0.3 is 6.18 Å². The normalized spacial score (nSPS) is 11.9. The number of rotatable bonds is 4. The van der Waals surface area contributed by atoms with Gasteiger partial charge in [-0.1, -0.05) is 47.1 Å².